The lowest BCUT2D eigenvalue weighted by atomic mass is 10.1. The van der Waals surface area contributed by atoms with Crippen molar-refractivity contribution >= 4 is 17.9 Å². The predicted octanol–water partition coefficient (Wildman–Crippen LogP) is 1.68. The average molecular weight is 272 g/mol. The number of aromatic nitrogens is 3. The molecule has 6 nitrogen and oxygen atoms in total. The Labute approximate surface area is 116 Å². The Morgan fingerprint density at radius 2 is 2.10 bits per heavy atom. The highest BCUT2D eigenvalue weighted by atomic mass is 16.2. The Bertz CT molecular complexity index is 589. The van der Waals surface area contributed by atoms with Gasteiger partial charge in [0, 0.05) is 5.69 Å². The summed E-state index contributed by atoms with van der Waals surface area (Å²) < 4.78 is 1.32. The molecule has 1 aromatic carbocycles. The van der Waals surface area contributed by atoms with Crippen LogP contribution < -0.4 is 5.32 Å². The number of anilines is 1. The molecule has 0 aliphatic rings. The molecule has 1 aromatic heterocycles. The van der Waals surface area contributed by atoms with E-state index in [0.717, 1.165) is 18.5 Å². The van der Waals surface area contributed by atoms with Crippen molar-refractivity contribution in [1.82, 2.24) is 15.0 Å². The highest BCUT2D eigenvalue weighted by Crippen LogP contribution is 2.11. The fourth-order valence-electron chi connectivity index (χ4n) is 1.84. The molecule has 2 rings (SSSR count). The molecule has 0 aliphatic carbocycles. The maximum Gasteiger partial charge on any atom is 0.246 e. The smallest absolute Gasteiger partial charge is 0.246 e. The van der Waals surface area contributed by atoms with E-state index in [1.165, 1.54) is 16.4 Å². The van der Waals surface area contributed by atoms with Crippen molar-refractivity contribution in [2.75, 3.05) is 5.32 Å². The largest absolute Gasteiger partial charge is 0.324 e. The van der Waals surface area contributed by atoms with Gasteiger partial charge in [0.05, 0.1) is 6.20 Å². The summed E-state index contributed by atoms with van der Waals surface area (Å²) >= 11 is 0. The standard InChI is InChI=1S/C14H16N4O2/c1-2-3-11-4-6-12(7-5-11)15-14(20)9-18-8-13(10-19)16-17-18/h4-8,10H,2-3,9H2,1H3,(H,15,20). The third kappa shape index (κ3) is 3.74. The molecule has 0 atom stereocenters. The van der Waals surface area contributed by atoms with Crippen LogP contribution in [-0.4, -0.2) is 27.2 Å². The molecule has 2 aromatic rings. The van der Waals surface area contributed by atoms with Gasteiger partial charge in [-0.25, -0.2) is 4.68 Å². The van der Waals surface area contributed by atoms with E-state index in [2.05, 4.69) is 22.6 Å². The summed E-state index contributed by atoms with van der Waals surface area (Å²) in [6.45, 7) is 2.15. The van der Waals surface area contributed by atoms with E-state index in [0.29, 0.717) is 6.29 Å². The fraction of sp³-hybridized carbons (Fsp3) is 0.286. The van der Waals surface area contributed by atoms with E-state index in [4.69, 9.17) is 0 Å². The lowest BCUT2D eigenvalue weighted by Crippen LogP contribution is -2.19. The summed E-state index contributed by atoms with van der Waals surface area (Å²) in [6.07, 6.45) is 4.14. The molecule has 1 amide bonds. The lowest BCUT2D eigenvalue weighted by Gasteiger charge is -2.06. The van der Waals surface area contributed by atoms with Crippen LogP contribution in [0.3, 0.4) is 0 Å². The number of aldehydes is 1. The topological polar surface area (TPSA) is 76.9 Å². The van der Waals surface area contributed by atoms with Crippen molar-refractivity contribution in [1.29, 1.82) is 0 Å². The Balaban J connectivity index is 1.92. The van der Waals surface area contributed by atoms with Crippen molar-refractivity contribution in [3.63, 3.8) is 0 Å². The highest BCUT2D eigenvalue weighted by Gasteiger charge is 2.06. The van der Waals surface area contributed by atoms with E-state index in [9.17, 15) is 9.59 Å². The summed E-state index contributed by atoms with van der Waals surface area (Å²) in [5, 5.41) is 10.0. The SMILES string of the molecule is CCCc1ccc(NC(=O)Cn2cc(C=O)nn2)cc1. The average Bonchev–Trinajstić information content (AvgIpc) is 2.89. The molecule has 0 bridgehead atoms. The first-order chi connectivity index (χ1) is 9.71. The van der Waals surface area contributed by atoms with E-state index in [1.807, 2.05) is 24.3 Å². The van der Waals surface area contributed by atoms with Crippen LogP contribution in [0.15, 0.2) is 30.5 Å². The van der Waals surface area contributed by atoms with Crippen LogP contribution in [0.1, 0.15) is 29.4 Å². The molecule has 0 aliphatic heterocycles. The Morgan fingerprint density at radius 1 is 1.35 bits per heavy atom. The second-order valence-corrected chi connectivity index (χ2v) is 4.45. The summed E-state index contributed by atoms with van der Waals surface area (Å²) in [6, 6.07) is 7.75. The molecule has 0 unspecified atom stereocenters. The van der Waals surface area contributed by atoms with E-state index >= 15 is 0 Å². The normalized spacial score (nSPS) is 10.2. The van der Waals surface area contributed by atoms with Gasteiger partial charge in [-0.2, -0.15) is 0 Å². The van der Waals surface area contributed by atoms with Crippen molar-refractivity contribution < 1.29 is 9.59 Å². The maximum atomic E-state index is 11.8. The van der Waals surface area contributed by atoms with E-state index in [-0.39, 0.29) is 18.1 Å². The second kappa shape index (κ2) is 6.60. The zero-order valence-corrected chi connectivity index (χ0v) is 11.2. The highest BCUT2D eigenvalue weighted by molar-refractivity contribution is 5.90. The molecule has 6 heteroatoms. The van der Waals surface area contributed by atoms with Gasteiger partial charge >= 0.3 is 0 Å². The number of carbonyl (C=O) groups is 2. The minimum absolute atomic E-state index is 0.0253. The first-order valence-corrected chi connectivity index (χ1v) is 6.45. The number of nitrogens with zero attached hydrogens (tertiary/aromatic N) is 3. The number of carbonyl (C=O) groups excluding carboxylic acids is 2. The van der Waals surface area contributed by atoms with Gasteiger partial charge in [-0.05, 0) is 24.1 Å². The van der Waals surface area contributed by atoms with Crippen LogP contribution in [0.4, 0.5) is 5.69 Å². The number of nitrogens with one attached hydrogen (secondary N) is 1. The van der Waals surface area contributed by atoms with Gasteiger partial charge in [-0.3, -0.25) is 9.59 Å². The zero-order chi connectivity index (χ0) is 14.4. The third-order valence-corrected chi connectivity index (χ3v) is 2.76. The van der Waals surface area contributed by atoms with Gasteiger partial charge in [0.1, 0.15) is 12.2 Å². The van der Waals surface area contributed by atoms with Gasteiger partial charge in [0.15, 0.2) is 6.29 Å². The molecule has 0 spiro atoms. The van der Waals surface area contributed by atoms with Gasteiger partial charge in [0.2, 0.25) is 5.91 Å². The van der Waals surface area contributed by atoms with E-state index in [1.54, 1.807) is 0 Å². The molecule has 0 saturated carbocycles. The number of aryl methyl sites for hydroxylation is 1. The zero-order valence-electron chi connectivity index (χ0n) is 11.2. The number of hydrogen-bond donors (Lipinski definition) is 1. The predicted molar refractivity (Wildman–Crippen MR) is 74.5 cm³/mol. The Hall–Kier alpha value is -2.50. The van der Waals surface area contributed by atoms with Gasteiger partial charge in [0.25, 0.3) is 0 Å². The molecule has 0 saturated heterocycles. The molecule has 1 N–H and O–H groups in total. The van der Waals surface area contributed by atoms with Crippen molar-refractivity contribution in [3.05, 3.63) is 41.7 Å². The third-order valence-electron chi connectivity index (χ3n) is 2.76. The first kappa shape index (κ1) is 13.9. The van der Waals surface area contributed by atoms with Crippen LogP contribution in [0.5, 0.6) is 0 Å². The van der Waals surface area contributed by atoms with Crippen LogP contribution >= 0.6 is 0 Å². The van der Waals surface area contributed by atoms with Crippen molar-refractivity contribution in [3.8, 4) is 0 Å². The van der Waals surface area contributed by atoms with Crippen molar-refractivity contribution in [2.24, 2.45) is 0 Å². The van der Waals surface area contributed by atoms with E-state index < -0.39 is 0 Å². The minimum Gasteiger partial charge on any atom is -0.324 e. The summed E-state index contributed by atoms with van der Waals surface area (Å²) in [7, 11) is 0. The number of amides is 1. The summed E-state index contributed by atoms with van der Waals surface area (Å²) in [4.78, 5) is 22.3. The van der Waals surface area contributed by atoms with Gasteiger partial charge in [-0.1, -0.05) is 30.7 Å². The first-order valence-electron chi connectivity index (χ1n) is 6.45. The summed E-state index contributed by atoms with van der Waals surface area (Å²) in [5.41, 5.74) is 2.20. The molecule has 0 radical (unpaired) electrons. The van der Waals surface area contributed by atoms with Gasteiger partial charge in [-0.15, -0.1) is 5.10 Å². The summed E-state index contributed by atoms with van der Waals surface area (Å²) in [5.74, 6) is -0.212. The van der Waals surface area contributed by atoms with Crippen LogP contribution in [0, 0.1) is 0 Å². The van der Waals surface area contributed by atoms with Crippen LogP contribution in [-0.2, 0) is 17.8 Å². The van der Waals surface area contributed by atoms with Crippen LogP contribution in [0.2, 0.25) is 0 Å². The second-order valence-electron chi connectivity index (χ2n) is 4.45. The van der Waals surface area contributed by atoms with Gasteiger partial charge < -0.3 is 5.32 Å². The number of benzene rings is 1. The van der Waals surface area contributed by atoms with Crippen molar-refractivity contribution in [2.45, 2.75) is 26.3 Å². The molecule has 20 heavy (non-hydrogen) atoms. The maximum absolute atomic E-state index is 11.8. The lowest BCUT2D eigenvalue weighted by molar-refractivity contribution is -0.116. The van der Waals surface area contributed by atoms with Crippen LogP contribution in [0.25, 0.3) is 0 Å². The quantitative estimate of drug-likeness (QED) is 0.812. The number of hydrogen-bond acceptors (Lipinski definition) is 4. The number of rotatable bonds is 6. The monoisotopic (exact) mass is 272 g/mol. The molecule has 0 fully saturated rings. The molecule has 104 valence electrons. The Kier molecular flexibility index (Phi) is 4.60. The molecule has 1 heterocycles. The molecular weight excluding hydrogens is 256 g/mol. The minimum atomic E-state index is -0.212. The molecular formula is C14H16N4O2. The Morgan fingerprint density at radius 3 is 2.70 bits per heavy atom. The fourth-order valence-corrected chi connectivity index (χ4v) is 1.84.